The minimum Gasteiger partial charge on any atom is -0.368 e. The second-order valence-electron chi connectivity index (χ2n) is 10.0. The minimum atomic E-state index is -1.77. The van der Waals surface area contributed by atoms with Gasteiger partial charge in [0.25, 0.3) is 29.5 Å². The van der Waals surface area contributed by atoms with Gasteiger partial charge in [0.05, 0.1) is 0 Å². The maximum Gasteiger partial charge on any atom is 0.253 e. The number of carbonyl (C=O) groups excluding carboxylic acids is 10. The summed E-state index contributed by atoms with van der Waals surface area (Å²) in [6.45, 7) is 0.299. The van der Waals surface area contributed by atoms with Gasteiger partial charge in [0.1, 0.15) is 12.1 Å². The Hall–Kier alpha value is -5.26. The molecule has 0 aromatic heterocycles. The molecule has 3 atom stereocenters. The van der Waals surface area contributed by atoms with Crippen molar-refractivity contribution in [2.45, 2.75) is 57.2 Å². The number of hydrogen-bond acceptors (Lipinski definition) is 11. The molecule has 0 saturated carbocycles. The highest BCUT2D eigenvalue weighted by molar-refractivity contribution is 6.14. The highest BCUT2D eigenvalue weighted by Crippen LogP contribution is 2.08. The molecule has 18 nitrogen and oxygen atoms in total. The Balaban J connectivity index is 2.04. The summed E-state index contributed by atoms with van der Waals surface area (Å²) in [6.07, 6.45) is 4.20. The predicted octanol–water partition coefficient (Wildman–Crippen LogP) is -4.61. The molecule has 2 aliphatic heterocycles. The van der Waals surface area contributed by atoms with E-state index in [2.05, 4.69) is 21.3 Å². The molecule has 8 N–H and O–H groups in total. The molecule has 0 aliphatic carbocycles. The van der Waals surface area contributed by atoms with Crippen LogP contribution < -0.4 is 32.7 Å². The van der Waals surface area contributed by atoms with Gasteiger partial charge in [-0.1, -0.05) is 0 Å². The van der Waals surface area contributed by atoms with Gasteiger partial charge in [0.15, 0.2) is 11.8 Å². The van der Waals surface area contributed by atoms with Gasteiger partial charge >= 0.3 is 0 Å². The molecule has 0 spiro atoms. The maximum atomic E-state index is 13.2. The summed E-state index contributed by atoms with van der Waals surface area (Å²) in [4.78, 5) is 124. The molecule has 18 heteroatoms. The highest BCUT2D eigenvalue weighted by atomic mass is 16.2. The molecular weight excluding hydrogens is 596 g/mol. The first-order valence-electron chi connectivity index (χ1n) is 14.0. The third kappa shape index (κ3) is 11.1. The number of unbranched alkanes of at least 4 members (excludes halogenated alkanes) is 1. The van der Waals surface area contributed by atoms with Crippen molar-refractivity contribution in [3.8, 4) is 0 Å². The summed E-state index contributed by atoms with van der Waals surface area (Å²) < 4.78 is 0. The van der Waals surface area contributed by atoms with Crippen LogP contribution in [0.15, 0.2) is 24.3 Å². The molecule has 0 fully saturated rings. The molecule has 45 heavy (non-hydrogen) atoms. The Morgan fingerprint density at radius 2 is 1.24 bits per heavy atom. The number of nitrogens with zero attached hydrogens (tertiary/aromatic N) is 2. The van der Waals surface area contributed by atoms with E-state index >= 15 is 0 Å². The van der Waals surface area contributed by atoms with Gasteiger partial charge in [-0.2, -0.15) is 0 Å². The second-order valence-corrected chi connectivity index (χ2v) is 10.0. The van der Waals surface area contributed by atoms with Crippen LogP contribution in [0, 0.1) is 0 Å². The van der Waals surface area contributed by atoms with Gasteiger partial charge in [0.2, 0.25) is 23.6 Å². The van der Waals surface area contributed by atoms with E-state index in [1.54, 1.807) is 0 Å². The van der Waals surface area contributed by atoms with Crippen LogP contribution in [0.2, 0.25) is 0 Å². The summed E-state index contributed by atoms with van der Waals surface area (Å²) in [5.41, 5.74) is 10.9. The van der Waals surface area contributed by atoms with Crippen LogP contribution in [-0.2, 0) is 47.9 Å². The Bertz CT molecular complexity index is 1270. The lowest BCUT2D eigenvalue weighted by Crippen LogP contribution is -2.59. The van der Waals surface area contributed by atoms with Crippen molar-refractivity contribution >= 4 is 58.9 Å². The van der Waals surface area contributed by atoms with Gasteiger partial charge in [0, 0.05) is 63.7 Å². The predicted molar refractivity (Wildman–Crippen MR) is 153 cm³/mol. The smallest absolute Gasteiger partial charge is 0.253 e. The molecule has 244 valence electrons. The zero-order valence-electron chi connectivity index (χ0n) is 24.5. The van der Waals surface area contributed by atoms with Crippen molar-refractivity contribution < 1.29 is 47.9 Å². The van der Waals surface area contributed by atoms with Crippen LogP contribution in [0.1, 0.15) is 39.0 Å². The lowest BCUT2D eigenvalue weighted by atomic mass is 10.0. The monoisotopic (exact) mass is 632 g/mol. The van der Waals surface area contributed by atoms with Crippen molar-refractivity contribution in [1.82, 2.24) is 31.1 Å². The fraction of sp³-hybridized carbons (Fsp3) is 0.481. The largest absolute Gasteiger partial charge is 0.368 e. The highest BCUT2D eigenvalue weighted by Gasteiger charge is 2.33. The van der Waals surface area contributed by atoms with Crippen LogP contribution in [-0.4, -0.2) is 113 Å². The number of Topliss-reactive ketones (excluding diaryl/α,β-unsaturated/α-hetero) is 1. The molecule has 0 saturated heterocycles. The molecule has 3 unspecified atom stereocenters. The van der Waals surface area contributed by atoms with Gasteiger partial charge < -0.3 is 32.7 Å². The Labute approximate surface area is 257 Å². The van der Waals surface area contributed by atoms with E-state index in [9.17, 15) is 47.9 Å². The number of ketones is 1. The van der Waals surface area contributed by atoms with Crippen LogP contribution in [0.3, 0.4) is 0 Å². The van der Waals surface area contributed by atoms with Crippen molar-refractivity contribution in [1.29, 1.82) is 0 Å². The summed E-state index contributed by atoms with van der Waals surface area (Å²) in [5, 5.41) is 9.27. The number of hydrogen-bond donors (Lipinski definition) is 6. The quantitative estimate of drug-likeness (QED) is 0.0447. The zero-order chi connectivity index (χ0) is 33.7. The van der Waals surface area contributed by atoms with E-state index in [0.29, 0.717) is 12.8 Å². The Morgan fingerprint density at radius 1 is 0.733 bits per heavy atom. The summed E-state index contributed by atoms with van der Waals surface area (Å²) in [6, 6.07) is -4.55. The van der Waals surface area contributed by atoms with Crippen molar-refractivity contribution in [2.24, 2.45) is 11.5 Å². The molecule has 9 amide bonds. The SMILES string of the molecule is CC(=O)NC(C(=O)CCN1C(=O)C=CC1=O)C(=O)NC(CCCCN)C(=O)NC(CNC(=O)CCN1C(=O)C=CC1=O)C(N)=O. The van der Waals surface area contributed by atoms with E-state index in [4.69, 9.17) is 11.5 Å². The number of rotatable bonds is 19. The zero-order valence-corrected chi connectivity index (χ0v) is 24.5. The second kappa shape index (κ2) is 17.1. The fourth-order valence-electron chi connectivity index (χ4n) is 4.19. The number of carbonyl (C=O) groups is 10. The molecule has 2 aliphatic rings. The lowest BCUT2D eigenvalue weighted by molar-refractivity contribution is -0.140. The third-order valence-corrected chi connectivity index (χ3v) is 6.62. The van der Waals surface area contributed by atoms with E-state index in [1.807, 2.05) is 0 Å². The average molecular weight is 633 g/mol. The van der Waals surface area contributed by atoms with Crippen molar-refractivity contribution in [3.63, 3.8) is 0 Å². The van der Waals surface area contributed by atoms with Crippen LogP contribution in [0.5, 0.6) is 0 Å². The van der Waals surface area contributed by atoms with E-state index in [-0.39, 0.29) is 32.5 Å². The van der Waals surface area contributed by atoms with Crippen molar-refractivity contribution in [3.05, 3.63) is 24.3 Å². The standard InChI is InChI=1S/C27H36N8O10/c1-15(36)31-24(18(37)9-12-34-20(39)5-6-21(34)40)27(45)32-16(4-2-3-11-28)26(44)33-17(25(29)43)14-30-19(38)10-13-35-22(41)7-8-23(35)42/h5-8,16-17,24H,2-4,9-14,28H2,1H3,(H2,29,43)(H,30,38)(H,31,36)(H,32,45)(H,33,44). The van der Waals surface area contributed by atoms with Gasteiger partial charge in [-0.15, -0.1) is 0 Å². The Kier molecular flexibility index (Phi) is 13.7. The van der Waals surface area contributed by atoms with Crippen LogP contribution in [0.4, 0.5) is 0 Å². The van der Waals surface area contributed by atoms with E-state index in [0.717, 1.165) is 41.0 Å². The normalized spacial score (nSPS) is 16.0. The number of amides is 9. The summed E-state index contributed by atoms with van der Waals surface area (Å²) >= 11 is 0. The number of nitrogens with one attached hydrogen (secondary N) is 4. The van der Waals surface area contributed by atoms with Gasteiger partial charge in [-0.3, -0.25) is 57.7 Å². The first-order valence-corrected chi connectivity index (χ1v) is 14.0. The van der Waals surface area contributed by atoms with Gasteiger partial charge in [-0.25, -0.2) is 0 Å². The molecule has 2 rings (SSSR count). The molecule has 2 heterocycles. The lowest BCUT2D eigenvalue weighted by Gasteiger charge is -2.24. The first-order chi connectivity index (χ1) is 21.2. The van der Waals surface area contributed by atoms with Crippen LogP contribution >= 0.6 is 0 Å². The number of nitrogens with two attached hydrogens (primary N) is 2. The first kappa shape index (κ1) is 35.9. The molecular formula is C27H36N8O10. The summed E-state index contributed by atoms with van der Waals surface area (Å²) in [5.74, 6) is -7.67. The Morgan fingerprint density at radius 3 is 1.73 bits per heavy atom. The third-order valence-electron chi connectivity index (χ3n) is 6.62. The van der Waals surface area contributed by atoms with Gasteiger partial charge in [-0.05, 0) is 25.8 Å². The van der Waals surface area contributed by atoms with E-state index < -0.39 is 90.0 Å². The number of imide groups is 2. The molecule has 0 radical (unpaired) electrons. The molecule has 0 bridgehead atoms. The molecule has 0 aromatic carbocycles. The summed E-state index contributed by atoms with van der Waals surface area (Å²) in [7, 11) is 0. The average Bonchev–Trinajstić information content (AvgIpc) is 3.48. The molecule has 0 aromatic rings. The minimum absolute atomic E-state index is 0.00196. The fourth-order valence-corrected chi connectivity index (χ4v) is 4.19. The maximum absolute atomic E-state index is 13.2. The van der Waals surface area contributed by atoms with Crippen LogP contribution in [0.25, 0.3) is 0 Å². The topological polar surface area (TPSA) is 277 Å². The number of primary amides is 1. The van der Waals surface area contributed by atoms with E-state index in [1.165, 1.54) is 0 Å². The van der Waals surface area contributed by atoms with Crippen molar-refractivity contribution in [2.75, 3.05) is 26.2 Å².